The van der Waals surface area contributed by atoms with Crippen LogP contribution in [0.2, 0.25) is 0 Å². The van der Waals surface area contributed by atoms with E-state index in [1.54, 1.807) is 53.4 Å². The maximum absolute atomic E-state index is 13.2. The van der Waals surface area contributed by atoms with Gasteiger partial charge in [0.15, 0.2) is 5.65 Å². The van der Waals surface area contributed by atoms with Crippen molar-refractivity contribution in [1.29, 1.82) is 0 Å². The van der Waals surface area contributed by atoms with Gasteiger partial charge in [0.05, 0.1) is 33.0 Å². The van der Waals surface area contributed by atoms with Crippen molar-refractivity contribution >= 4 is 49.7 Å². The van der Waals surface area contributed by atoms with Crippen LogP contribution in [0.25, 0.3) is 21.6 Å². The van der Waals surface area contributed by atoms with Crippen LogP contribution in [0.3, 0.4) is 0 Å². The van der Waals surface area contributed by atoms with E-state index in [0.717, 1.165) is 10.6 Å². The number of nitrogens with one attached hydrogen (secondary N) is 2. The summed E-state index contributed by atoms with van der Waals surface area (Å²) >= 11 is 1.55. The highest BCUT2D eigenvalue weighted by atomic mass is 32.2. The van der Waals surface area contributed by atoms with E-state index in [9.17, 15) is 13.2 Å². The molecule has 0 unspecified atom stereocenters. The van der Waals surface area contributed by atoms with Gasteiger partial charge in [-0.25, -0.2) is 13.4 Å². The van der Waals surface area contributed by atoms with E-state index in [-0.39, 0.29) is 11.7 Å². The van der Waals surface area contributed by atoms with Crippen LogP contribution >= 0.6 is 11.3 Å². The fourth-order valence-corrected chi connectivity index (χ4v) is 5.31. The average molecular weight is 470 g/mol. The first-order valence-corrected chi connectivity index (χ1v) is 12.6. The molecule has 0 radical (unpaired) electrons. The Hall–Kier alpha value is -3.24. The molecule has 1 aromatic carbocycles. The second-order valence-corrected chi connectivity index (χ2v) is 10.2. The van der Waals surface area contributed by atoms with Gasteiger partial charge in [-0.1, -0.05) is 13.0 Å². The van der Waals surface area contributed by atoms with Gasteiger partial charge in [-0.3, -0.25) is 14.2 Å². The van der Waals surface area contributed by atoms with Gasteiger partial charge < -0.3 is 5.32 Å². The van der Waals surface area contributed by atoms with Crippen molar-refractivity contribution in [2.45, 2.75) is 20.3 Å². The Bertz CT molecular complexity index is 1380. The Morgan fingerprint density at radius 2 is 1.88 bits per heavy atom. The number of aryl methyl sites for hydroxylation is 2. The molecule has 3 aromatic heterocycles. The molecule has 32 heavy (non-hydrogen) atoms. The minimum atomic E-state index is -3.37. The van der Waals surface area contributed by atoms with Gasteiger partial charge >= 0.3 is 0 Å². The molecular formula is C22H23N5O3S2. The largest absolute Gasteiger partial charge is 0.322 e. The van der Waals surface area contributed by atoms with Crippen molar-refractivity contribution in [1.82, 2.24) is 14.8 Å². The van der Waals surface area contributed by atoms with Crippen molar-refractivity contribution in [2.75, 3.05) is 15.8 Å². The monoisotopic (exact) mass is 469 g/mol. The predicted molar refractivity (Wildman–Crippen MR) is 129 cm³/mol. The molecule has 0 saturated carbocycles. The normalized spacial score (nSPS) is 11.6. The van der Waals surface area contributed by atoms with Gasteiger partial charge in [0, 0.05) is 18.4 Å². The van der Waals surface area contributed by atoms with E-state index in [4.69, 9.17) is 4.98 Å². The van der Waals surface area contributed by atoms with Crippen LogP contribution in [0.1, 0.15) is 29.4 Å². The average Bonchev–Trinajstić information content (AvgIpc) is 3.37. The number of carbonyl (C=O) groups is 1. The highest BCUT2D eigenvalue weighted by molar-refractivity contribution is 7.92. The summed E-state index contributed by atoms with van der Waals surface area (Å²) in [5, 5.41) is 10.00. The first-order valence-electron chi connectivity index (χ1n) is 10.1. The molecule has 3 heterocycles. The highest BCUT2D eigenvalue weighted by Gasteiger charge is 2.20. The third-order valence-electron chi connectivity index (χ3n) is 4.88. The lowest BCUT2D eigenvalue weighted by Crippen LogP contribution is -2.16. The molecule has 0 aliphatic carbocycles. The molecule has 0 fully saturated rings. The molecular weight excluding hydrogens is 446 g/mol. The Morgan fingerprint density at radius 1 is 1.16 bits per heavy atom. The molecule has 0 aliphatic heterocycles. The van der Waals surface area contributed by atoms with E-state index >= 15 is 0 Å². The summed E-state index contributed by atoms with van der Waals surface area (Å²) in [7, 11) is -1.56. The molecule has 166 valence electrons. The molecule has 4 aromatic rings. The number of fused-ring (bicyclic) bond motifs is 1. The number of amides is 1. The van der Waals surface area contributed by atoms with Gasteiger partial charge in [-0.05, 0) is 55.1 Å². The van der Waals surface area contributed by atoms with E-state index in [2.05, 4.69) is 15.1 Å². The van der Waals surface area contributed by atoms with Gasteiger partial charge in [-0.15, -0.1) is 11.3 Å². The van der Waals surface area contributed by atoms with Crippen LogP contribution in [0, 0.1) is 6.92 Å². The molecule has 0 saturated heterocycles. The number of hydrogen-bond donors (Lipinski definition) is 2. The molecule has 10 heteroatoms. The van der Waals surface area contributed by atoms with Gasteiger partial charge in [0.25, 0.3) is 5.91 Å². The number of aromatic nitrogens is 3. The zero-order valence-corrected chi connectivity index (χ0v) is 19.5. The lowest BCUT2D eigenvalue weighted by Gasteiger charge is -2.10. The number of benzene rings is 1. The minimum absolute atomic E-state index is 0.0561. The fraction of sp³-hybridized carbons (Fsp3) is 0.227. The maximum atomic E-state index is 13.2. The summed E-state index contributed by atoms with van der Waals surface area (Å²) in [6, 6.07) is 12.3. The van der Waals surface area contributed by atoms with Crippen molar-refractivity contribution in [3.63, 3.8) is 0 Å². The number of nitrogens with zero attached hydrogens (tertiary/aromatic N) is 3. The van der Waals surface area contributed by atoms with Gasteiger partial charge in [-0.2, -0.15) is 5.10 Å². The number of rotatable bonds is 7. The third-order valence-corrected chi connectivity index (χ3v) is 7.26. The molecule has 2 N–H and O–H groups in total. The zero-order chi connectivity index (χ0) is 22.9. The van der Waals surface area contributed by atoms with Crippen molar-refractivity contribution in [2.24, 2.45) is 7.05 Å². The lowest BCUT2D eigenvalue weighted by atomic mass is 10.1. The summed E-state index contributed by atoms with van der Waals surface area (Å²) in [6.45, 7) is 3.66. The van der Waals surface area contributed by atoms with E-state index in [1.165, 1.54) is 0 Å². The lowest BCUT2D eigenvalue weighted by molar-refractivity contribution is 0.102. The number of carbonyl (C=O) groups excluding carboxylic acids is 1. The van der Waals surface area contributed by atoms with Crippen molar-refractivity contribution in [3.8, 4) is 10.6 Å². The Balaban J connectivity index is 1.64. The molecule has 0 bridgehead atoms. The van der Waals surface area contributed by atoms with E-state index in [0.29, 0.717) is 40.1 Å². The first-order chi connectivity index (χ1) is 15.3. The number of hydrogen-bond acceptors (Lipinski definition) is 6. The number of thiophene rings is 1. The summed E-state index contributed by atoms with van der Waals surface area (Å²) < 4.78 is 28.1. The molecule has 0 atom stereocenters. The third kappa shape index (κ3) is 4.51. The minimum Gasteiger partial charge on any atom is -0.322 e. The van der Waals surface area contributed by atoms with Crippen LogP contribution < -0.4 is 10.0 Å². The second-order valence-electron chi connectivity index (χ2n) is 7.39. The van der Waals surface area contributed by atoms with Crippen LogP contribution in [-0.4, -0.2) is 34.8 Å². The number of sulfonamides is 1. The number of anilines is 2. The quantitative estimate of drug-likeness (QED) is 0.417. The van der Waals surface area contributed by atoms with Crippen LogP contribution in [-0.2, 0) is 17.1 Å². The number of pyridine rings is 1. The second kappa shape index (κ2) is 8.71. The topological polar surface area (TPSA) is 106 Å². The van der Waals surface area contributed by atoms with Gasteiger partial charge in [0.1, 0.15) is 0 Å². The Morgan fingerprint density at radius 3 is 2.53 bits per heavy atom. The summed E-state index contributed by atoms with van der Waals surface area (Å²) in [4.78, 5) is 18.9. The van der Waals surface area contributed by atoms with Crippen LogP contribution in [0.15, 0.2) is 47.8 Å². The summed E-state index contributed by atoms with van der Waals surface area (Å²) in [6.07, 6.45) is 0.533. The first kappa shape index (κ1) is 22.0. The van der Waals surface area contributed by atoms with Gasteiger partial charge in [0.2, 0.25) is 10.0 Å². The molecule has 0 aliphatic rings. The van der Waals surface area contributed by atoms with Crippen molar-refractivity contribution < 1.29 is 13.2 Å². The highest BCUT2D eigenvalue weighted by Crippen LogP contribution is 2.30. The molecule has 0 spiro atoms. The molecule has 1 amide bonds. The Kier molecular flexibility index (Phi) is 5.98. The molecule has 4 rings (SSSR count). The summed E-state index contributed by atoms with van der Waals surface area (Å²) in [5.41, 5.74) is 3.55. The Labute approximate surface area is 190 Å². The standard InChI is InChI=1S/C22H23N5O3S2/c1-4-12-32(29,30)26-16-9-7-15(8-10-16)23-22(28)17-13-18(19-6-5-11-31-19)24-21-20(17)14(2)25-27(21)3/h5-11,13,26H,4,12H2,1-3H3,(H,23,28). The fourth-order valence-electron chi connectivity index (χ4n) is 3.49. The maximum Gasteiger partial charge on any atom is 0.256 e. The van der Waals surface area contributed by atoms with E-state index < -0.39 is 10.0 Å². The smallest absolute Gasteiger partial charge is 0.256 e. The SMILES string of the molecule is CCCS(=O)(=O)Nc1ccc(NC(=O)c2cc(-c3cccs3)nc3c2c(C)nn3C)cc1. The van der Waals surface area contributed by atoms with Crippen LogP contribution in [0.5, 0.6) is 0 Å². The predicted octanol–water partition coefficient (Wildman–Crippen LogP) is 4.41. The van der Waals surface area contributed by atoms with E-state index in [1.807, 2.05) is 31.4 Å². The van der Waals surface area contributed by atoms with Crippen LogP contribution in [0.4, 0.5) is 11.4 Å². The van der Waals surface area contributed by atoms with Crippen molar-refractivity contribution in [3.05, 3.63) is 59.1 Å². The molecule has 8 nitrogen and oxygen atoms in total. The summed E-state index contributed by atoms with van der Waals surface area (Å²) in [5.74, 6) is -0.230. The zero-order valence-electron chi connectivity index (χ0n) is 17.9.